The summed E-state index contributed by atoms with van der Waals surface area (Å²) >= 11 is 0. The molecule has 1 aliphatic carbocycles. The summed E-state index contributed by atoms with van der Waals surface area (Å²) in [6.07, 6.45) is 1.10. The maximum absolute atomic E-state index is 13.1. The summed E-state index contributed by atoms with van der Waals surface area (Å²) in [5.41, 5.74) is -0.716. The first-order valence-corrected chi connectivity index (χ1v) is 9.47. The molecule has 1 aromatic carbocycles. The van der Waals surface area contributed by atoms with Crippen LogP contribution < -0.4 is 4.90 Å². The fourth-order valence-corrected chi connectivity index (χ4v) is 4.80. The van der Waals surface area contributed by atoms with E-state index in [1.165, 1.54) is 6.20 Å². The molecule has 0 radical (unpaired) electrons. The lowest BCUT2D eigenvalue weighted by Gasteiger charge is -2.53. The predicted molar refractivity (Wildman–Crippen MR) is 97.3 cm³/mol. The summed E-state index contributed by atoms with van der Waals surface area (Å²) in [5, 5.41) is 11.6. The van der Waals surface area contributed by atoms with E-state index in [0.717, 1.165) is 43.4 Å². The first-order valence-electron chi connectivity index (χ1n) is 9.47. The molecule has 0 bridgehead atoms. The van der Waals surface area contributed by atoms with Gasteiger partial charge in [-0.2, -0.15) is 13.2 Å². The quantitative estimate of drug-likeness (QED) is 0.821. The van der Waals surface area contributed by atoms with Crippen molar-refractivity contribution in [3.8, 4) is 0 Å². The molecule has 3 nitrogen and oxygen atoms in total. The first kappa shape index (κ1) is 18.3. The minimum absolute atomic E-state index is 0.00584. The van der Waals surface area contributed by atoms with Crippen LogP contribution in [0.3, 0.4) is 0 Å². The molecule has 4 rings (SSSR count). The lowest BCUT2D eigenvalue weighted by Crippen LogP contribution is -2.57. The molecule has 144 valence electrons. The second-order valence-corrected chi connectivity index (χ2v) is 7.59. The van der Waals surface area contributed by atoms with Crippen LogP contribution in [0.25, 0.3) is 0 Å². The van der Waals surface area contributed by atoms with Gasteiger partial charge in [0.1, 0.15) is 5.82 Å². The second-order valence-electron chi connectivity index (χ2n) is 7.59. The van der Waals surface area contributed by atoms with Gasteiger partial charge in [-0.3, -0.25) is 0 Å². The fraction of sp³-hybridized carbons (Fsp3) is 0.476. The van der Waals surface area contributed by atoms with Crippen LogP contribution in [-0.2, 0) is 11.8 Å². The molecule has 27 heavy (non-hydrogen) atoms. The van der Waals surface area contributed by atoms with Gasteiger partial charge in [0.15, 0.2) is 0 Å². The van der Waals surface area contributed by atoms with E-state index in [9.17, 15) is 18.3 Å². The smallest absolute Gasteiger partial charge is 0.385 e. The van der Waals surface area contributed by atoms with E-state index in [-0.39, 0.29) is 12.0 Å². The highest BCUT2D eigenvalue weighted by Gasteiger charge is 2.49. The van der Waals surface area contributed by atoms with Crippen molar-refractivity contribution in [3.63, 3.8) is 0 Å². The Labute approximate surface area is 156 Å². The number of aromatic nitrogens is 1. The summed E-state index contributed by atoms with van der Waals surface area (Å²) in [5.74, 6) is 0.343. The van der Waals surface area contributed by atoms with Crippen LogP contribution in [-0.4, -0.2) is 22.7 Å². The minimum Gasteiger partial charge on any atom is -0.385 e. The average molecular weight is 376 g/mol. The number of pyridine rings is 1. The molecule has 0 unspecified atom stereocenters. The number of anilines is 1. The van der Waals surface area contributed by atoms with Crippen molar-refractivity contribution in [1.82, 2.24) is 4.98 Å². The Morgan fingerprint density at radius 1 is 1.07 bits per heavy atom. The molecule has 2 heterocycles. The molecular weight excluding hydrogens is 353 g/mol. The van der Waals surface area contributed by atoms with E-state index in [1.807, 2.05) is 35.2 Å². The number of hydrogen-bond acceptors (Lipinski definition) is 3. The Morgan fingerprint density at radius 2 is 1.81 bits per heavy atom. The topological polar surface area (TPSA) is 36.4 Å². The number of halogens is 3. The van der Waals surface area contributed by atoms with E-state index < -0.39 is 17.3 Å². The van der Waals surface area contributed by atoms with Crippen LogP contribution >= 0.6 is 0 Å². The van der Waals surface area contributed by atoms with Gasteiger partial charge in [0, 0.05) is 24.7 Å². The summed E-state index contributed by atoms with van der Waals surface area (Å²) < 4.78 is 39.4. The van der Waals surface area contributed by atoms with Crippen molar-refractivity contribution in [2.24, 2.45) is 5.92 Å². The SMILES string of the molecule is O[C@]1(c2ccccc2)CCN(c2cc(C(F)(F)F)ccn2)[C@@H]2CCCC[C@@H]21. The molecule has 1 saturated carbocycles. The number of fused-ring (bicyclic) bond motifs is 1. The highest BCUT2D eigenvalue weighted by molar-refractivity contribution is 5.45. The zero-order chi connectivity index (χ0) is 19.1. The first-order chi connectivity index (χ1) is 12.9. The van der Waals surface area contributed by atoms with Gasteiger partial charge >= 0.3 is 6.18 Å². The number of rotatable bonds is 2. The Balaban J connectivity index is 1.68. The monoisotopic (exact) mass is 376 g/mol. The summed E-state index contributed by atoms with van der Waals surface area (Å²) in [6.45, 7) is 0.487. The van der Waals surface area contributed by atoms with Crippen molar-refractivity contribution < 1.29 is 18.3 Å². The fourth-order valence-electron chi connectivity index (χ4n) is 4.80. The molecule has 1 aromatic heterocycles. The molecule has 0 amide bonds. The van der Waals surface area contributed by atoms with Gasteiger partial charge in [0.2, 0.25) is 0 Å². The standard InChI is InChI=1S/C21H23F3N2O/c22-21(23,24)16-10-12-25-19(14-16)26-13-11-20(27,15-6-2-1-3-7-15)17-8-4-5-9-18(17)26/h1-3,6-7,10,12,14,17-18,27H,4-5,8-9,11,13H2/t17-,18+,20-/m0/s1. The van der Waals surface area contributed by atoms with Gasteiger partial charge < -0.3 is 10.0 Å². The van der Waals surface area contributed by atoms with Crippen LogP contribution in [0.4, 0.5) is 19.0 Å². The highest BCUT2D eigenvalue weighted by Crippen LogP contribution is 2.48. The molecule has 2 aromatic rings. The Hall–Kier alpha value is -2.08. The van der Waals surface area contributed by atoms with E-state index in [2.05, 4.69) is 4.98 Å². The Kier molecular flexibility index (Phi) is 4.62. The molecule has 1 saturated heterocycles. The molecular formula is C21H23F3N2O. The van der Waals surface area contributed by atoms with Gasteiger partial charge in [-0.1, -0.05) is 43.2 Å². The van der Waals surface area contributed by atoms with Gasteiger partial charge in [-0.15, -0.1) is 0 Å². The van der Waals surface area contributed by atoms with Crippen LogP contribution in [0.15, 0.2) is 48.7 Å². The third-order valence-corrected chi connectivity index (χ3v) is 6.12. The van der Waals surface area contributed by atoms with E-state index >= 15 is 0 Å². The highest BCUT2D eigenvalue weighted by atomic mass is 19.4. The van der Waals surface area contributed by atoms with Crippen LogP contribution in [0.5, 0.6) is 0 Å². The zero-order valence-corrected chi connectivity index (χ0v) is 15.0. The Morgan fingerprint density at radius 3 is 2.56 bits per heavy atom. The molecule has 2 aliphatic rings. The maximum atomic E-state index is 13.1. The van der Waals surface area contributed by atoms with E-state index in [1.54, 1.807) is 0 Å². The van der Waals surface area contributed by atoms with Gasteiger partial charge in [0.05, 0.1) is 11.2 Å². The maximum Gasteiger partial charge on any atom is 0.416 e. The third-order valence-electron chi connectivity index (χ3n) is 6.12. The largest absolute Gasteiger partial charge is 0.416 e. The average Bonchev–Trinajstić information content (AvgIpc) is 2.69. The second kappa shape index (κ2) is 6.82. The van der Waals surface area contributed by atoms with Crippen molar-refractivity contribution >= 4 is 5.82 Å². The normalized spacial score (nSPS) is 28.7. The summed E-state index contributed by atoms with van der Waals surface area (Å²) in [7, 11) is 0. The van der Waals surface area contributed by atoms with Crippen LogP contribution in [0.1, 0.15) is 43.2 Å². The molecule has 1 aliphatic heterocycles. The van der Waals surface area contributed by atoms with Crippen molar-refractivity contribution in [3.05, 3.63) is 59.8 Å². The zero-order valence-electron chi connectivity index (χ0n) is 15.0. The summed E-state index contributed by atoms with van der Waals surface area (Å²) in [6, 6.07) is 11.8. The lowest BCUT2D eigenvalue weighted by molar-refractivity contribution is -0.137. The molecule has 3 atom stereocenters. The van der Waals surface area contributed by atoms with E-state index in [0.29, 0.717) is 18.8 Å². The number of nitrogens with zero attached hydrogens (tertiary/aromatic N) is 2. The lowest BCUT2D eigenvalue weighted by atomic mass is 9.66. The molecule has 1 N–H and O–H groups in total. The van der Waals surface area contributed by atoms with Crippen LogP contribution in [0.2, 0.25) is 0 Å². The van der Waals surface area contributed by atoms with E-state index in [4.69, 9.17) is 0 Å². The molecule has 6 heteroatoms. The number of aliphatic hydroxyl groups is 1. The van der Waals surface area contributed by atoms with Gasteiger partial charge in [-0.25, -0.2) is 4.98 Å². The number of benzene rings is 1. The Bertz CT molecular complexity index is 796. The minimum atomic E-state index is -4.38. The van der Waals surface area contributed by atoms with Crippen molar-refractivity contribution in [2.75, 3.05) is 11.4 Å². The van der Waals surface area contributed by atoms with Crippen LogP contribution in [0, 0.1) is 5.92 Å². The predicted octanol–water partition coefficient (Wildman–Crippen LogP) is 4.76. The molecule has 0 spiro atoms. The van der Waals surface area contributed by atoms with Crippen molar-refractivity contribution in [1.29, 1.82) is 0 Å². The van der Waals surface area contributed by atoms with Crippen molar-refractivity contribution in [2.45, 2.75) is 49.9 Å². The number of piperidine rings is 1. The number of alkyl halides is 3. The third kappa shape index (κ3) is 3.31. The number of hydrogen-bond donors (Lipinski definition) is 1. The molecule has 2 fully saturated rings. The van der Waals surface area contributed by atoms with Gasteiger partial charge in [-0.05, 0) is 37.0 Å². The summed E-state index contributed by atoms with van der Waals surface area (Å²) in [4.78, 5) is 6.22. The van der Waals surface area contributed by atoms with Gasteiger partial charge in [0.25, 0.3) is 0 Å².